The molecule has 144 valence electrons. The van der Waals surface area contributed by atoms with E-state index in [0.717, 1.165) is 6.42 Å². The fourth-order valence-corrected chi connectivity index (χ4v) is 2.07. The van der Waals surface area contributed by atoms with E-state index in [9.17, 15) is 4.79 Å². The van der Waals surface area contributed by atoms with Crippen LogP contribution in [0.5, 0.6) is 0 Å². The molecule has 0 heterocycles. The van der Waals surface area contributed by atoms with Crippen LogP contribution in [0.1, 0.15) is 99.1 Å². The third kappa shape index (κ3) is 8.56. The van der Waals surface area contributed by atoms with Crippen LogP contribution in [0.3, 0.4) is 0 Å². The second kappa shape index (κ2) is 9.99. The van der Waals surface area contributed by atoms with Gasteiger partial charge in [-0.1, -0.05) is 65.8 Å². The third-order valence-corrected chi connectivity index (χ3v) is 4.74. The molecule has 1 atom stereocenters. The lowest BCUT2D eigenvalue weighted by atomic mass is 9.85. The first-order valence-corrected chi connectivity index (χ1v) is 9.66. The summed E-state index contributed by atoms with van der Waals surface area (Å²) in [6.45, 7) is 20.8. The Labute approximate surface area is 156 Å². The van der Waals surface area contributed by atoms with Crippen LogP contribution in [0, 0.1) is 5.41 Å². The Bertz CT molecular complexity index is 504. The van der Waals surface area contributed by atoms with Crippen LogP contribution in [0.15, 0.2) is 24.3 Å². The maximum Gasteiger partial charge on any atom is 0.311 e. The second-order valence-corrected chi connectivity index (χ2v) is 8.87. The van der Waals surface area contributed by atoms with Crippen LogP contribution in [0.2, 0.25) is 0 Å². The van der Waals surface area contributed by atoms with Crippen LogP contribution < -0.4 is 0 Å². The van der Waals surface area contributed by atoms with Gasteiger partial charge in [-0.25, -0.2) is 0 Å². The highest BCUT2D eigenvalue weighted by atomic mass is 16.5. The molecule has 0 aliphatic heterocycles. The number of ether oxygens (including phenoxy) is 1. The van der Waals surface area contributed by atoms with Crippen molar-refractivity contribution in [3.8, 4) is 0 Å². The summed E-state index contributed by atoms with van der Waals surface area (Å²) in [6, 6.07) is 9.08. The molecule has 1 rings (SSSR count). The molecule has 0 spiro atoms. The first-order chi connectivity index (χ1) is 11.3. The summed E-state index contributed by atoms with van der Waals surface area (Å²) in [5.74, 6) is 0.582. The number of hydrogen-bond acceptors (Lipinski definition) is 2. The van der Waals surface area contributed by atoms with Crippen molar-refractivity contribution >= 4 is 5.97 Å². The molecular weight excluding hydrogens is 308 g/mol. The van der Waals surface area contributed by atoms with Gasteiger partial charge in [0.05, 0.1) is 11.5 Å². The van der Waals surface area contributed by atoms with E-state index in [1.165, 1.54) is 17.5 Å². The Balaban J connectivity index is 0.000000477. The van der Waals surface area contributed by atoms with Gasteiger partial charge in [0.15, 0.2) is 0 Å². The lowest BCUT2D eigenvalue weighted by molar-refractivity contribution is -0.158. The smallest absolute Gasteiger partial charge is 0.311 e. The molecule has 0 aromatic heterocycles. The Morgan fingerprint density at radius 1 is 0.960 bits per heavy atom. The first-order valence-electron chi connectivity index (χ1n) is 9.66. The van der Waals surface area contributed by atoms with Gasteiger partial charge in [0.2, 0.25) is 0 Å². The summed E-state index contributed by atoms with van der Waals surface area (Å²) in [4.78, 5) is 11.3. The van der Waals surface area contributed by atoms with E-state index < -0.39 is 0 Å². The minimum Gasteiger partial charge on any atom is -0.463 e. The van der Waals surface area contributed by atoms with Crippen LogP contribution in [-0.4, -0.2) is 12.1 Å². The number of rotatable bonds is 5. The highest BCUT2D eigenvalue weighted by Crippen LogP contribution is 2.25. The van der Waals surface area contributed by atoms with Crippen molar-refractivity contribution in [1.82, 2.24) is 0 Å². The number of esters is 1. The zero-order chi connectivity index (χ0) is 19.8. The van der Waals surface area contributed by atoms with E-state index >= 15 is 0 Å². The van der Waals surface area contributed by atoms with Gasteiger partial charge in [0, 0.05) is 0 Å². The SMILES string of the molecule is CCC(C)(C)C(=O)OC(C)C.CCC(C)c1ccc(C(C)(C)C)cc1. The molecule has 0 radical (unpaired) electrons. The zero-order valence-corrected chi connectivity index (χ0v) is 18.2. The molecule has 1 aromatic carbocycles. The topological polar surface area (TPSA) is 26.3 Å². The normalized spacial score (nSPS) is 13.1. The van der Waals surface area contributed by atoms with Gasteiger partial charge in [-0.15, -0.1) is 0 Å². The van der Waals surface area contributed by atoms with Gasteiger partial charge in [-0.05, 0) is 63.0 Å². The predicted octanol–water partition coefficient (Wildman–Crippen LogP) is 6.87. The van der Waals surface area contributed by atoms with Crippen molar-refractivity contribution in [3.63, 3.8) is 0 Å². The average Bonchev–Trinajstić information content (AvgIpc) is 2.53. The van der Waals surface area contributed by atoms with Crippen LogP contribution in [0.4, 0.5) is 0 Å². The molecule has 0 aliphatic carbocycles. The Morgan fingerprint density at radius 2 is 1.44 bits per heavy atom. The van der Waals surface area contributed by atoms with E-state index in [0.29, 0.717) is 5.92 Å². The summed E-state index contributed by atoms with van der Waals surface area (Å²) >= 11 is 0. The van der Waals surface area contributed by atoms with E-state index in [1.54, 1.807) is 0 Å². The van der Waals surface area contributed by atoms with Crippen molar-refractivity contribution in [3.05, 3.63) is 35.4 Å². The fourth-order valence-electron chi connectivity index (χ4n) is 2.07. The molecule has 0 bridgehead atoms. The molecule has 1 aromatic rings. The number of hydrogen-bond donors (Lipinski definition) is 0. The summed E-state index contributed by atoms with van der Waals surface area (Å²) in [5.41, 5.74) is 2.82. The minimum atomic E-state index is -0.329. The second-order valence-electron chi connectivity index (χ2n) is 8.87. The third-order valence-electron chi connectivity index (χ3n) is 4.74. The van der Waals surface area contributed by atoms with Crippen LogP contribution in [-0.2, 0) is 14.9 Å². The van der Waals surface area contributed by atoms with Gasteiger partial charge in [-0.2, -0.15) is 0 Å². The molecule has 0 saturated heterocycles. The summed E-state index contributed by atoms with van der Waals surface area (Å²) in [6.07, 6.45) is 2.03. The van der Waals surface area contributed by atoms with Crippen molar-refractivity contribution in [1.29, 1.82) is 0 Å². The quantitative estimate of drug-likeness (QED) is 0.543. The molecule has 0 amide bonds. The minimum absolute atomic E-state index is 0.00618. The van der Waals surface area contributed by atoms with Crippen LogP contribution >= 0.6 is 0 Å². The number of carbonyl (C=O) groups excluding carboxylic acids is 1. The zero-order valence-electron chi connectivity index (χ0n) is 18.2. The van der Waals surface area contributed by atoms with Gasteiger partial charge in [0.25, 0.3) is 0 Å². The van der Waals surface area contributed by atoms with E-state index in [1.807, 2.05) is 34.6 Å². The Kier molecular flexibility index (Phi) is 9.47. The Morgan fingerprint density at radius 3 is 1.76 bits per heavy atom. The molecule has 2 nitrogen and oxygen atoms in total. The maximum absolute atomic E-state index is 11.3. The van der Waals surface area contributed by atoms with Crippen molar-refractivity contribution in [2.75, 3.05) is 0 Å². The van der Waals surface area contributed by atoms with Gasteiger partial charge < -0.3 is 4.74 Å². The summed E-state index contributed by atoms with van der Waals surface area (Å²) < 4.78 is 5.07. The average molecular weight is 349 g/mol. The van der Waals surface area contributed by atoms with Gasteiger partial charge in [0.1, 0.15) is 0 Å². The van der Waals surface area contributed by atoms with E-state index in [2.05, 4.69) is 58.9 Å². The molecule has 2 heteroatoms. The highest BCUT2D eigenvalue weighted by Gasteiger charge is 2.27. The first kappa shape index (κ1) is 23.7. The number of carbonyl (C=O) groups is 1. The Hall–Kier alpha value is -1.31. The van der Waals surface area contributed by atoms with Crippen molar-refractivity contribution < 1.29 is 9.53 Å². The molecule has 0 saturated carbocycles. The molecule has 25 heavy (non-hydrogen) atoms. The maximum atomic E-state index is 11.3. The van der Waals surface area contributed by atoms with E-state index in [-0.39, 0.29) is 22.9 Å². The molecule has 1 unspecified atom stereocenters. The molecule has 0 fully saturated rings. The summed E-state index contributed by atoms with van der Waals surface area (Å²) in [7, 11) is 0. The fraction of sp³-hybridized carbons (Fsp3) is 0.696. The monoisotopic (exact) mass is 348 g/mol. The molecule has 0 N–H and O–H groups in total. The highest BCUT2D eigenvalue weighted by molar-refractivity contribution is 5.75. The summed E-state index contributed by atoms with van der Waals surface area (Å²) in [5, 5.41) is 0. The molecular formula is C23H40O2. The standard InChI is InChI=1S/C14H22.C9H18O2/c1-6-11(2)12-7-9-13(10-8-12)14(3,4)5;1-6-9(4,5)8(10)11-7(2)3/h7-11H,6H2,1-5H3;7H,6H2,1-5H3. The van der Waals surface area contributed by atoms with Gasteiger partial charge in [-0.3, -0.25) is 4.79 Å². The van der Waals surface area contributed by atoms with Crippen molar-refractivity contribution in [2.45, 2.75) is 99.5 Å². The largest absolute Gasteiger partial charge is 0.463 e. The van der Waals surface area contributed by atoms with Gasteiger partial charge >= 0.3 is 5.97 Å². The van der Waals surface area contributed by atoms with Crippen LogP contribution in [0.25, 0.3) is 0 Å². The van der Waals surface area contributed by atoms with E-state index in [4.69, 9.17) is 4.74 Å². The van der Waals surface area contributed by atoms with Crippen molar-refractivity contribution in [2.24, 2.45) is 5.41 Å². The predicted molar refractivity (Wildman–Crippen MR) is 109 cm³/mol. The molecule has 0 aliphatic rings. The number of benzene rings is 1. The lowest BCUT2D eigenvalue weighted by Gasteiger charge is -2.21. The lowest BCUT2D eigenvalue weighted by Crippen LogP contribution is -2.28.